The molecular weight excluding hydrogens is 484 g/mol. The zero-order valence-corrected chi connectivity index (χ0v) is 21.9. The zero-order valence-electron chi connectivity index (χ0n) is 20.2. The van der Waals surface area contributed by atoms with Gasteiger partial charge in [0.05, 0.1) is 31.7 Å². The Balaban J connectivity index is 1.85. The summed E-state index contributed by atoms with van der Waals surface area (Å²) < 4.78 is 38.9. The van der Waals surface area contributed by atoms with Crippen molar-refractivity contribution in [3.8, 4) is 11.5 Å². The van der Waals surface area contributed by atoms with Gasteiger partial charge in [0.25, 0.3) is 0 Å². The van der Waals surface area contributed by atoms with E-state index >= 15 is 0 Å². The molecule has 3 aromatic rings. The number of ether oxygens (including phenoxy) is 2. The van der Waals surface area contributed by atoms with Crippen LogP contribution < -0.4 is 14.8 Å². The van der Waals surface area contributed by atoms with Gasteiger partial charge in [0.2, 0.25) is 15.9 Å². The molecule has 0 heterocycles. The van der Waals surface area contributed by atoms with E-state index in [0.29, 0.717) is 11.5 Å². The first-order chi connectivity index (χ1) is 16.8. The molecule has 0 aliphatic carbocycles. The summed E-state index contributed by atoms with van der Waals surface area (Å²) >= 11 is 1.64. The van der Waals surface area contributed by atoms with Crippen molar-refractivity contribution in [3.05, 3.63) is 83.9 Å². The molecule has 0 fully saturated rings. The van der Waals surface area contributed by atoms with Crippen molar-refractivity contribution in [3.63, 3.8) is 0 Å². The normalized spacial score (nSPS) is 12.3. The molecule has 35 heavy (non-hydrogen) atoms. The molecule has 1 N–H and O–H groups in total. The minimum absolute atomic E-state index is 0.0135. The molecule has 3 aromatic carbocycles. The molecule has 1 amide bonds. The molecule has 9 heteroatoms. The smallest absolute Gasteiger partial charge is 0.243 e. The molecule has 1 unspecified atom stereocenters. The monoisotopic (exact) mass is 514 g/mol. The van der Waals surface area contributed by atoms with Gasteiger partial charge in [-0.3, -0.25) is 4.79 Å². The largest absolute Gasteiger partial charge is 0.493 e. The van der Waals surface area contributed by atoms with Crippen LogP contribution in [0.15, 0.2) is 82.6 Å². The highest BCUT2D eigenvalue weighted by molar-refractivity contribution is 7.98. The molecule has 0 aliphatic heterocycles. The first-order valence-corrected chi connectivity index (χ1v) is 13.6. The number of carbonyl (C=O) groups excluding carboxylic acids is 1. The number of nitrogens with one attached hydrogen (secondary N) is 1. The van der Waals surface area contributed by atoms with Crippen molar-refractivity contribution in [1.29, 1.82) is 0 Å². The lowest BCUT2D eigenvalue weighted by atomic mass is 10.1. The number of amides is 1. The van der Waals surface area contributed by atoms with E-state index in [0.717, 1.165) is 16.0 Å². The molecule has 186 valence electrons. The van der Waals surface area contributed by atoms with Crippen molar-refractivity contribution < 1.29 is 22.7 Å². The highest BCUT2D eigenvalue weighted by atomic mass is 32.2. The number of benzene rings is 3. The van der Waals surface area contributed by atoms with Crippen LogP contribution >= 0.6 is 11.8 Å². The van der Waals surface area contributed by atoms with Crippen LogP contribution in [0.3, 0.4) is 0 Å². The number of rotatable bonds is 11. The standard InChI is InChI=1S/C26H30N2O5S2/c1-19(21-10-12-22(34-4)13-11-21)27-26(29)18-28(17-20-8-6-5-7-9-20)35(30,31)23-14-15-24(32-2)25(16-23)33-3/h5-16,19H,17-18H2,1-4H3,(H,27,29). The lowest BCUT2D eigenvalue weighted by Crippen LogP contribution is -2.41. The van der Waals surface area contributed by atoms with E-state index in [2.05, 4.69) is 5.32 Å². The summed E-state index contributed by atoms with van der Waals surface area (Å²) in [6.45, 7) is 1.58. The number of hydrogen-bond acceptors (Lipinski definition) is 6. The fourth-order valence-electron chi connectivity index (χ4n) is 3.56. The number of carbonyl (C=O) groups is 1. The van der Waals surface area contributed by atoms with Gasteiger partial charge in [0.15, 0.2) is 11.5 Å². The highest BCUT2D eigenvalue weighted by Crippen LogP contribution is 2.31. The molecule has 1 atom stereocenters. The quantitative estimate of drug-likeness (QED) is 0.380. The molecule has 0 bridgehead atoms. The summed E-state index contributed by atoms with van der Waals surface area (Å²) in [6.07, 6.45) is 2.00. The van der Waals surface area contributed by atoms with Crippen LogP contribution in [0.2, 0.25) is 0 Å². The predicted molar refractivity (Wildman–Crippen MR) is 138 cm³/mol. The number of sulfonamides is 1. The first kappa shape index (κ1) is 26.6. The van der Waals surface area contributed by atoms with Crippen molar-refractivity contribution in [2.24, 2.45) is 0 Å². The molecule has 7 nitrogen and oxygen atoms in total. The third-order valence-electron chi connectivity index (χ3n) is 5.51. The molecule has 0 aliphatic rings. The summed E-state index contributed by atoms with van der Waals surface area (Å²) in [5.41, 5.74) is 1.71. The number of thioether (sulfide) groups is 1. The fourth-order valence-corrected chi connectivity index (χ4v) is 5.37. The Labute approximate surface area is 211 Å². The lowest BCUT2D eigenvalue weighted by molar-refractivity contribution is -0.122. The van der Waals surface area contributed by atoms with E-state index in [1.54, 1.807) is 11.8 Å². The van der Waals surface area contributed by atoms with Crippen molar-refractivity contribution in [1.82, 2.24) is 9.62 Å². The van der Waals surface area contributed by atoms with E-state index in [4.69, 9.17) is 9.47 Å². The van der Waals surface area contributed by atoms with E-state index in [-0.39, 0.29) is 24.0 Å². The van der Waals surface area contributed by atoms with Gasteiger partial charge >= 0.3 is 0 Å². The van der Waals surface area contributed by atoms with Crippen molar-refractivity contribution >= 4 is 27.7 Å². The Bertz CT molecular complexity index is 1230. The number of nitrogens with zero attached hydrogens (tertiary/aromatic N) is 1. The number of methoxy groups -OCH3 is 2. The van der Waals surface area contributed by atoms with Crippen LogP contribution in [0.25, 0.3) is 0 Å². The Hall–Kier alpha value is -3.01. The third kappa shape index (κ3) is 6.78. The molecular formula is C26H30N2O5S2. The molecule has 3 rings (SSSR count). The summed E-state index contributed by atoms with van der Waals surface area (Å²) in [5.74, 6) is 0.312. The van der Waals surface area contributed by atoms with Gasteiger partial charge in [-0.25, -0.2) is 8.42 Å². The minimum atomic E-state index is -4.03. The highest BCUT2D eigenvalue weighted by Gasteiger charge is 2.28. The summed E-state index contributed by atoms with van der Waals surface area (Å²) in [4.78, 5) is 14.1. The second-order valence-electron chi connectivity index (χ2n) is 7.84. The van der Waals surface area contributed by atoms with Gasteiger partial charge < -0.3 is 14.8 Å². The Kier molecular flexibility index (Phi) is 9.20. The molecule has 0 aromatic heterocycles. The second-order valence-corrected chi connectivity index (χ2v) is 10.7. The van der Waals surface area contributed by atoms with E-state index < -0.39 is 15.9 Å². The SMILES string of the molecule is COc1ccc(S(=O)(=O)N(CC(=O)NC(C)c2ccc(SC)cc2)Cc2ccccc2)cc1OC. The molecule has 0 radical (unpaired) electrons. The van der Waals surface area contributed by atoms with Gasteiger partial charge in [0, 0.05) is 17.5 Å². The minimum Gasteiger partial charge on any atom is -0.493 e. The molecule has 0 saturated heterocycles. The molecule has 0 spiro atoms. The van der Waals surface area contributed by atoms with Gasteiger partial charge in [-0.05, 0) is 48.6 Å². The van der Waals surface area contributed by atoms with E-state index in [1.807, 2.05) is 67.8 Å². The Morgan fingerprint density at radius 3 is 2.23 bits per heavy atom. The zero-order chi connectivity index (χ0) is 25.4. The van der Waals surface area contributed by atoms with Gasteiger partial charge in [-0.15, -0.1) is 11.8 Å². The summed E-state index contributed by atoms with van der Waals surface area (Å²) in [7, 11) is -1.11. The molecule has 0 saturated carbocycles. The van der Waals surface area contributed by atoms with Crippen molar-refractivity contribution in [2.75, 3.05) is 27.0 Å². The average molecular weight is 515 g/mol. The Morgan fingerprint density at radius 2 is 1.63 bits per heavy atom. The summed E-state index contributed by atoms with van der Waals surface area (Å²) in [6, 6.07) is 21.2. The maximum Gasteiger partial charge on any atom is 0.243 e. The second kappa shape index (κ2) is 12.1. The van der Waals surface area contributed by atoms with Crippen LogP contribution in [0.5, 0.6) is 11.5 Å². The maximum atomic E-state index is 13.6. The predicted octanol–water partition coefficient (Wildman–Crippen LogP) is 4.49. The third-order valence-corrected chi connectivity index (χ3v) is 8.04. The van der Waals surface area contributed by atoms with Crippen LogP contribution in [0, 0.1) is 0 Å². The topological polar surface area (TPSA) is 84.9 Å². The van der Waals surface area contributed by atoms with Crippen LogP contribution in [-0.2, 0) is 21.4 Å². The fraction of sp³-hybridized carbons (Fsp3) is 0.269. The Morgan fingerprint density at radius 1 is 0.971 bits per heavy atom. The van der Waals surface area contributed by atoms with Gasteiger partial charge in [0.1, 0.15) is 0 Å². The van der Waals surface area contributed by atoms with Gasteiger partial charge in [-0.2, -0.15) is 4.31 Å². The van der Waals surface area contributed by atoms with E-state index in [1.165, 1.54) is 36.7 Å². The van der Waals surface area contributed by atoms with Crippen LogP contribution in [-0.4, -0.2) is 45.7 Å². The summed E-state index contributed by atoms with van der Waals surface area (Å²) in [5, 5.41) is 2.92. The maximum absolute atomic E-state index is 13.6. The first-order valence-electron chi connectivity index (χ1n) is 11.0. The van der Waals surface area contributed by atoms with Crippen LogP contribution in [0.4, 0.5) is 0 Å². The van der Waals surface area contributed by atoms with Gasteiger partial charge in [-0.1, -0.05) is 42.5 Å². The number of hydrogen-bond donors (Lipinski definition) is 1. The lowest BCUT2D eigenvalue weighted by Gasteiger charge is -2.24. The van der Waals surface area contributed by atoms with E-state index in [9.17, 15) is 13.2 Å². The average Bonchev–Trinajstić information content (AvgIpc) is 2.88. The van der Waals surface area contributed by atoms with Crippen molar-refractivity contribution in [2.45, 2.75) is 29.3 Å². The van der Waals surface area contributed by atoms with Crippen LogP contribution in [0.1, 0.15) is 24.1 Å².